The molecule has 0 spiro atoms. The summed E-state index contributed by atoms with van der Waals surface area (Å²) in [6.07, 6.45) is 4.09. The molecule has 0 aliphatic heterocycles. The Morgan fingerprint density at radius 1 is 1.14 bits per heavy atom. The molecule has 6 nitrogen and oxygen atoms in total. The standard InChI is InChI=1S/C15H30N2O4/c1-15(2,8-7-13(19)20)9-10-16-14(21)17(3)11-5-4-6-12-18/h18H,4-12H2,1-3H3,(H,16,21)(H,19,20). The average molecular weight is 302 g/mol. The molecule has 0 saturated carbocycles. The van der Waals surface area contributed by atoms with Gasteiger partial charge in [-0.25, -0.2) is 4.79 Å². The van der Waals surface area contributed by atoms with Crippen molar-refractivity contribution in [1.29, 1.82) is 0 Å². The van der Waals surface area contributed by atoms with Crippen molar-refractivity contribution in [2.75, 3.05) is 26.7 Å². The number of urea groups is 1. The number of aliphatic carboxylic acids is 1. The van der Waals surface area contributed by atoms with E-state index in [0.717, 1.165) is 25.7 Å². The van der Waals surface area contributed by atoms with Crippen LogP contribution in [0.25, 0.3) is 0 Å². The largest absolute Gasteiger partial charge is 0.481 e. The molecule has 0 rings (SSSR count). The van der Waals surface area contributed by atoms with Crippen LogP contribution >= 0.6 is 0 Å². The van der Waals surface area contributed by atoms with Crippen molar-refractivity contribution in [3.05, 3.63) is 0 Å². The predicted molar refractivity (Wildman–Crippen MR) is 82.2 cm³/mol. The molecule has 0 aromatic rings. The normalized spacial score (nSPS) is 11.2. The van der Waals surface area contributed by atoms with Gasteiger partial charge >= 0.3 is 12.0 Å². The number of hydrogen-bond acceptors (Lipinski definition) is 3. The van der Waals surface area contributed by atoms with E-state index in [-0.39, 0.29) is 24.5 Å². The van der Waals surface area contributed by atoms with Crippen LogP contribution in [0.2, 0.25) is 0 Å². The van der Waals surface area contributed by atoms with E-state index in [1.54, 1.807) is 11.9 Å². The Morgan fingerprint density at radius 3 is 2.38 bits per heavy atom. The van der Waals surface area contributed by atoms with Gasteiger partial charge in [0.25, 0.3) is 0 Å². The van der Waals surface area contributed by atoms with Crippen LogP contribution in [-0.4, -0.2) is 53.9 Å². The third-order valence-electron chi connectivity index (χ3n) is 3.59. The summed E-state index contributed by atoms with van der Waals surface area (Å²) in [4.78, 5) is 24.0. The molecule has 6 heteroatoms. The lowest BCUT2D eigenvalue weighted by Gasteiger charge is -2.25. The summed E-state index contributed by atoms with van der Waals surface area (Å²) in [6, 6.07) is -0.104. The summed E-state index contributed by atoms with van der Waals surface area (Å²) in [5.74, 6) is -0.783. The van der Waals surface area contributed by atoms with Gasteiger partial charge in [0.1, 0.15) is 0 Å². The number of carbonyl (C=O) groups excluding carboxylic acids is 1. The highest BCUT2D eigenvalue weighted by Gasteiger charge is 2.19. The first-order valence-electron chi connectivity index (χ1n) is 7.60. The number of nitrogens with zero attached hydrogens (tertiary/aromatic N) is 1. The van der Waals surface area contributed by atoms with Crippen molar-refractivity contribution in [3.8, 4) is 0 Å². The number of aliphatic hydroxyl groups excluding tert-OH is 1. The SMILES string of the molecule is CN(CCCCCO)C(=O)NCCC(C)(C)CCC(=O)O. The second kappa shape index (κ2) is 10.4. The second-order valence-corrected chi connectivity index (χ2v) is 6.25. The van der Waals surface area contributed by atoms with Crippen LogP contribution in [0, 0.1) is 5.41 Å². The van der Waals surface area contributed by atoms with Crippen LogP contribution in [-0.2, 0) is 4.79 Å². The van der Waals surface area contributed by atoms with Crippen LogP contribution in [0.5, 0.6) is 0 Å². The number of carboxylic acids is 1. The zero-order chi connectivity index (χ0) is 16.3. The van der Waals surface area contributed by atoms with E-state index in [2.05, 4.69) is 5.32 Å². The van der Waals surface area contributed by atoms with Gasteiger partial charge in [0, 0.05) is 33.2 Å². The second-order valence-electron chi connectivity index (χ2n) is 6.25. The van der Waals surface area contributed by atoms with Crippen LogP contribution in [0.1, 0.15) is 52.4 Å². The maximum Gasteiger partial charge on any atom is 0.317 e. The number of carbonyl (C=O) groups is 2. The summed E-state index contributed by atoms with van der Waals surface area (Å²) in [5.41, 5.74) is -0.0919. The van der Waals surface area contributed by atoms with Gasteiger partial charge in [0.05, 0.1) is 0 Å². The molecule has 3 N–H and O–H groups in total. The summed E-state index contributed by atoms with van der Waals surface area (Å²) >= 11 is 0. The molecule has 0 saturated heterocycles. The molecule has 0 unspecified atom stereocenters. The molecule has 0 aliphatic rings. The monoisotopic (exact) mass is 302 g/mol. The van der Waals surface area contributed by atoms with E-state index >= 15 is 0 Å². The lowest BCUT2D eigenvalue weighted by atomic mass is 9.84. The van der Waals surface area contributed by atoms with Gasteiger partial charge in [-0.3, -0.25) is 4.79 Å². The molecule has 0 aromatic carbocycles. The topological polar surface area (TPSA) is 89.9 Å². The average Bonchev–Trinajstić information content (AvgIpc) is 2.41. The predicted octanol–water partition coefficient (Wildman–Crippen LogP) is 2.07. The highest BCUT2D eigenvalue weighted by Crippen LogP contribution is 2.25. The van der Waals surface area contributed by atoms with Crippen molar-refractivity contribution < 1.29 is 19.8 Å². The van der Waals surface area contributed by atoms with Gasteiger partial charge < -0.3 is 20.4 Å². The highest BCUT2D eigenvalue weighted by molar-refractivity contribution is 5.73. The number of rotatable bonds is 11. The molecule has 0 fully saturated rings. The summed E-state index contributed by atoms with van der Waals surface area (Å²) in [5, 5.41) is 20.2. The Labute approximate surface area is 127 Å². The minimum absolute atomic E-state index is 0.0919. The zero-order valence-electron chi connectivity index (χ0n) is 13.5. The van der Waals surface area contributed by atoms with E-state index in [9.17, 15) is 9.59 Å². The lowest BCUT2D eigenvalue weighted by Crippen LogP contribution is -2.39. The van der Waals surface area contributed by atoms with Gasteiger partial charge in [-0.15, -0.1) is 0 Å². The number of carboxylic acid groups (broad SMARTS) is 1. The molecule has 0 heterocycles. The van der Waals surface area contributed by atoms with Gasteiger partial charge in [0.15, 0.2) is 0 Å². The van der Waals surface area contributed by atoms with Gasteiger partial charge in [-0.2, -0.15) is 0 Å². The number of unbranched alkanes of at least 4 members (excludes halogenated alkanes) is 2. The third kappa shape index (κ3) is 11.1. The van der Waals surface area contributed by atoms with E-state index in [4.69, 9.17) is 10.2 Å². The fourth-order valence-electron chi connectivity index (χ4n) is 1.95. The Kier molecular flexibility index (Phi) is 9.78. The third-order valence-corrected chi connectivity index (χ3v) is 3.59. The van der Waals surface area contributed by atoms with Crippen LogP contribution in [0.3, 0.4) is 0 Å². The minimum atomic E-state index is -0.783. The molecule has 21 heavy (non-hydrogen) atoms. The first-order chi connectivity index (χ1) is 9.78. The first-order valence-corrected chi connectivity index (χ1v) is 7.60. The van der Waals surface area contributed by atoms with E-state index in [1.807, 2.05) is 13.8 Å². The fourth-order valence-corrected chi connectivity index (χ4v) is 1.95. The molecule has 124 valence electrons. The fraction of sp³-hybridized carbons (Fsp3) is 0.867. The maximum atomic E-state index is 11.8. The van der Waals surface area contributed by atoms with Gasteiger partial charge in [-0.1, -0.05) is 13.8 Å². The number of amides is 2. The summed E-state index contributed by atoms with van der Waals surface area (Å²) < 4.78 is 0. The minimum Gasteiger partial charge on any atom is -0.481 e. The maximum absolute atomic E-state index is 11.8. The Bertz CT molecular complexity index is 319. The quantitative estimate of drug-likeness (QED) is 0.510. The van der Waals surface area contributed by atoms with Crippen molar-refractivity contribution in [2.45, 2.75) is 52.4 Å². The zero-order valence-corrected chi connectivity index (χ0v) is 13.5. The first kappa shape index (κ1) is 19.7. The van der Waals surface area contributed by atoms with Crippen molar-refractivity contribution in [1.82, 2.24) is 10.2 Å². The molecular formula is C15H30N2O4. The molecule has 0 aromatic heterocycles. The lowest BCUT2D eigenvalue weighted by molar-refractivity contribution is -0.137. The van der Waals surface area contributed by atoms with Gasteiger partial charge in [-0.05, 0) is 37.5 Å². The van der Waals surface area contributed by atoms with E-state index in [0.29, 0.717) is 19.5 Å². The smallest absolute Gasteiger partial charge is 0.317 e. The molecular weight excluding hydrogens is 272 g/mol. The highest BCUT2D eigenvalue weighted by atomic mass is 16.4. The molecule has 0 atom stereocenters. The van der Waals surface area contributed by atoms with Crippen LogP contribution in [0.15, 0.2) is 0 Å². The van der Waals surface area contributed by atoms with Crippen molar-refractivity contribution >= 4 is 12.0 Å². The van der Waals surface area contributed by atoms with Gasteiger partial charge in [0.2, 0.25) is 0 Å². The van der Waals surface area contributed by atoms with Crippen LogP contribution in [0.4, 0.5) is 4.79 Å². The molecule has 0 bridgehead atoms. The van der Waals surface area contributed by atoms with E-state index < -0.39 is 5.97 Å². The molecule has 2 amide bonds. The van der Waals surface area contributed by atoms with E-state index in [1.165, 1.54) is 0 Å². The molecule has 0 aliphatic carbocycles. The summed E-state index contributed by atoms with van der Waals surface area (Å²) in [6.45, 7) is 5.45. The molecule has 0 radical (unpaired) electrons. The Balaban J connectivity index is 3.83. The van der Waals surface area contributed by atoms with Crippen LogP contribution < -0.4 is 5.32 Å². The summed E-state index contributed by atoms with van der Waals surface area (Å²) in [7, 11) is 1.75. The number of nitrogens with one attached hydrogen (secondary N) is 1. The van der Waals surface area contributed by atoms with Crippen molar-refractivity contribution in [2.24, 2.45) is 5.41 Å². The Hall–Kier alpha value is -1.30. The van der Waals surface area contributed by atoms with Crippen molar-refractivity contribution in [3.63, 3.8) is 0 Å². The number of hydrogen-bond donors (Lipinski definition) is 3. The Morgan fingerprint density at radius 2 is 1.81 bits per heavy atom. The number of aliphatic hydroxyl groups is 1.